The zero-order valence-corrected chi connectivity index (χ0v) is 13.1. The third-order valence-electron chi connectivity index (χ3n) is 2.72. The molecule has 2 unspecified atom stereocenters. The van der Waals surface area contributed by atoms with Gasteiger partial charge in [0.1, 0.15) is 5.60 Å². The fourth-order valence-corrected chi connectivity index (χ4v) is 2.09. The summed E-state index contributed by atoms with van der Waals surface area (Å²) in [5, 5.41) is 9.77. The van der Waals surface area contributed by atoms with Crippen LogP contribution in [0.1, 0.15) is 26.3 Å². The van der Waals surface area contributed by atoms with E-state index < -0.39 is 29.5 Å². The lowest BCUT2D eigenvalue weighted by Crippen LogP contribution is -2.45. The molecule has 0 aliphatic rings. The Balaban J connectivity index is 2.85. The second-order valence-electron chi connectivity index (χ2n) is 5.85. The number of carboxylic acid groups (broad SMARTS) is 1. The largest absolute Gasteiger partial charge is 0.481 e. The molecule has 0 aliphatic heterocycles. The van der Waals surface area contributed by atoms with E-state index in [0.29, 0.717) is 5.02 Å². The van der Waals surface area contributed by atoms with Crippen LogP contribution in [0.25, 0.3) is 0 Å². The molecule has 21 heavy (non-hydrogen) atoms. The van der Waals surface area contributed by atoms with Gasteiger partial charge in [0, 0.05) is 11.1 Å². The van der Waals surface area contributed by atoms with Crippen molar-refractivity contribution in [2.24, 2.45) is 11.7 Å². The number of carbonyl (C=O) groups is 2. The second kappa shape index (κ2) is 6.91. The average molecular weight is 314 g/mol. The van der Waals surface area contributed by atoms with E-state index >= 15 is 0 Å². The van der Waals surface area contributed by atoms with Gasteiger partial charge in [0.2, 0.25) is 0 Å². The predicted molar refractivity (Wildman–Crippen MR) is 80.1 cm³/mol. The van der Waals surface area contributed by atoms with E-state index in [-0.39, 0.29) is 6.42 Å². The first-order valence-electron chi connectivity index (χ1n) is 6.56. The standard InChI is InChI=1S/C15H20ClNO4/c1-15(2,3)21-14(20)12(13(18)19)11(17)8-9-5-4-6-10(16)7-9/h4-7,11-12H,8,17H2,1-3H3,(H,18,19). The van der Waals surface area contributed by atoms with Crippen LogP contribution < -0.4 is 5.73 Å². The van der Waals surface area contributed by atoms with Crippen LogP contribution in [0.15, 0.2) is 24.3 Å². The van der Waals surface area contributed by atoms with Gasteiger partial charge in [-0.15, -0.1) is 0 Å². The second-order valence-corrected chi connectivity index (χ2v) is 6.28. The van der Waals surface area contributed by atoms with E-state index in [1.807, 2.05) is 0 Å². The first-order valence-corrected chi connectivity index (χ1v) is 6.93. The van der Waals surface area contributed by atoms with E-state index in [2.05, 4.69) is 0 Å². The van der Waals surface area contributed by atoms with Crippen LogP contribution in [0.3, 0.4) is 0 Å². The molecule has 2 atom stereocenters. The Morgan fingerprint density at radius 3 is 2.48 bits per heavy atom. The fraction of sp³-hybridized carbons (Fsp3) is 0.467. The van der Waals surface area contributed by atoms with Gasteiger partial charge in [0.05, 0.1) is 0 Å². The summed E-state index contributed by atoms with van der Waals surface area (Å²) < 4.78 is 5.12. The van der Waals surface area contributed by atoms with Crippen molar-refractivity contribution >= 4 is 23.5 Å². The van der Waals surface area contributed by atoms with Gasteiger partial charge in [0.15, 0.2) is 5.92 Å². The molecule has 6 heteroatoms. The first-order chi connectivity index (χ1) is 9.60. The first kappa shape index (κ1) is 17.5. The van der Waals surface area contributed by atoms with Crippen molar-refractivity contribution in [3.8, 4) is 0 Å². The maximum atomic E-state index is 12.0. The number of carboxylic acids is 1. The smallest absolute Gasteiger partial charge is 0.322 e. The van der Waals surface area contributed by atoms with Crippen LogP contribution >= 0.6 is 11.6 Å². The van der Waals surface area contributed by atoms with Crippen molar-refractivity contribution in [2.75, 3.05) is 0 Å². The monoisotopic (exact) mass is 313 g/mol. The van der Waals surface area contributed by atoms with E-state index in [1.165, 1.54) is 0 Å². The Morgan fingerprint density at radius 1 is 1.38 bits per heavy atom. The summed E-state index contributed by atoms with van der Waals surface area (Å²) in [6.07, 6.45) is 0.219. The molecule has 0 amide bonds. The van der Waals surface area contributed by atoms with Crippen molar-refractivity contribution in [3.05, 3.63) is 34.9 Å². The molecule has 0 fully saturated rings. The number of ether oxygens (including phenoxy) is 1. The summed E-state index contributed by atoms with van der Waals surface area (Å²) in [7, 11) is 0. The molecule has 0 radical (unpaired) electrons. The molecule has 0 saturated carbocycles. The summed E-state index contributed by atoms with van der Waals surface area (Å²) in [5.41, 5.74) is 5.90. The summed E-state index contributed by atoms with van der Waals surface area (Å²) in [5.74, 6) is -3.54. The van der Waals surface area contributed by atoms with Crippen molar-refractivity contribution < 1.29 is 19.4 Å². The van der Waals surface area contributed by atoms with Crippen LogP contribution in [-0.2, 0) is 20.7 Å². The lowest BCUT2D eigenvalue weighted by molar-refractivity contribution is -0.167. The Labute approximate surface area is 129 Å². The van der Waals surface area contributed by atoms with Crippen LogP contribution in [0.2, 0.25) is 5.02 Å². The zero-order valence-electron chi connectivity index (χ0n) is 12.3. The lowest BCUT2D eigenvalue weighted by atomic mass is 9.94. The van der Waals surface area contributed by atoms with Crippen molar-refractivity contribution in [1.82, 2.24) is 0 Å². The minimum absolute atomic E-state index is 0.219. The van der Waals surface area contributed by atoms with E-state index in [4.69, 9.17) is 22.1 Å². The molecule has 0 heterocycles. The van der Waals surface area contributed by atoms with Gasteiger partial charge in [-0.25, -0.2) is 0 Å². The number of carbonyl (C=O) groups excluding carboxylic acids is 1. The molecular weight excluding hydrogens is 294 g/mol. The number of esters is 1. The lowest BCUT2D eigenvalue weighted by Gasteiger charge is -2.25. The molecule has 0 aliphatic carbocycles. The Kier molecular flexibility index (Phi) is 5.75. The van der Waals surface area contributed by atoms with Gasteiger partial charge < -0.3 is 15.6 Å². The highest BCUT2D eigenvalue weighted by Gasteiger charge is 2.36. The van der Waals surface area contributed by atoms with Crippen LogP contribution in [0.4, 0.5) is 0 Å². The average Bonchev–Trinajstić information content (AvgIpc) is 2.25. The maximum absolute atomic E-state index is 12.0. The highest BCUT2D eigenvalue weighted by atomic mass is 35.5. The van der Waals surface area contributed by atoms with E-state index in [0.717, 1.165) is 5.56 Å². The number of rotatable bonds is 5. The van der Waals surface area contributed by atoms with Gasteiger partial charge in [-0.05, 0) is 44.9 Å². The topological polar surface area (TPSA) is 89.6 Å². The Morgan fingerprint density at radius 2 is 2.00 bits per heavy atom. The molecule has 1 aromatic rings. The minimum atomic E-state index is -1.41. The molecule has 116 valence electrons. The normalized spacial score (nSPS) is 14.3. The highest BCUT2D eigenvalue weighted by molar-refractivity contribution is 6.30. The molecule has 1 rings (SSSR count). The zero-order chi connectivity index (χ0) is 16.2. The number of benzene rings is 1. The summed E-state index contributed by atoms with van der Waals surface area (Å²) in [4.78, 5) is 23.3. The van der Waals surface area contributed by atoms with Crippen molar-refractivity contribution in [3.63, 3.8) is 0 Å². The molecule has 0 spiro atoms. The predicted octanol–water partition coefficient (Wildman–Crippen LogP) is 2.25. The van der Waals surface area contributed by atoms with Gasteiger partial charge >= 0.3 is 11.9 Å². The van der Waals surface area contributed by atoms with Gasteiger partial charge in [-0.1, -0.05) is 23.7 Å². The van der Waals surface area contributed by atoms with E-state index in [9.17, 15) is 14.7 Å². The maximum Gasteiger partial charge on any atom is 0.322 e. The number of halogens is 1. The van der Waals surface area contributed by atoms with Gasteiger partial charge in [-0.2, -0.15) is 0 Å². The molecule has 5 nitrogen and oxygen atoms in total. The van der Waals surface area contributed by atoms with Crippen molar-refractivity contribution in [2.45, 2.75) is 38.8 Å². The summed E-state index contributed by atoms with van der Waals surface area (Å²) in [6, 6.07) is 6.03. The number of nitrogens with two attached hydrogens (primary N) is 1. The Bertz CT molecular complexity index is 525. The molecule has 3 N–H and O–H groups in total. The number of hydrogen-bond donors (Lipinski definition) is 2. The summed E-state index contributed by atoms with van der Waals surface area (Å²) in [6.45, 7) is 5.02. The van der Waals surface area contributed by atoms with Crippen LogP contribution in [0.5, 0.6) is 0 Å². The molecule has 1 aromatic carbocycles. The van der Waals surface area contributed by atoms with Gasteiger partial charge in [-0.3, -0.25) is 9.59 Å². The molecule has 0 bridgehead atoms. The third-order valence-corrected chi connectivity index (χ3v) is 2.95. The molecule has 0 aromatic heterocycles. The number of aliphatic carboxylic acids is 1. The number of hydrogen-bond acceptors (Lipinski definition) is 4. The van der Waals surface area contributed by atoms with Gasteiger partial charge in [0.25, 0.3) is 0 Å². The highest BCUT2D eigenvalue weighted by Crippen LogP contribution is 2.18. The van der Waals surface area contributed by atoms with Crippen LogP contribution in [-0.4, -0.2) is 28.7 Å². The van der Waals surface area contributed by atoms with E-state index in [1.54, 1.807) is 45.0 Å². The third kappa shape index (κ3) is 5.73. The quantitative estimate of drug-likeness (QED) is 0.643. The van der Waals surface area contributed by atoms with Crippen molar-refractivity contribution in [1.29, 1.82) is 0 Å². The SMILES string of the molecule is CC(C)(C)OC(=O)C(C(=O)O)C(N)Cc1cccc(Cl)c1. The van der Waals surface area contributed by atoms with Crippen LogP contribution in [0, 0.1) is 5.92 Å². The molecular formula is C15H20ClNO4. The summed E-state index contributed by atoms with van der Waals surface area (Å²) >= 11 is 5.87. The minimum Gasteiger partial charge on any atom is -0.481 e. The Hall–Kier alpha value is -1.59. The molecule has 0 saturated heterocycles. The fourth-order valence-electron chi connectivity index (χ4n) is 1.88.